The Labute approximate surface area is 181 Å². The zero-order valence-electron chi connectivity index (χ0n) is 18.5. The number of hydrogen-bond acceptors (Lipinski definition) is 6. The van der Waals surface area contributed by atoms with Crippen molar-refractivity contribution in [3.63, 3.8) is 0 Å². The van der Waals surface area contributed by atoms with E-state index in [1.165, 1.54) is 19.1 Å². The number of fused-ring (bicyclic) bond motifs is 5. The van der Waals surface area contributed by atoms with Gasteiger partial charge in [0, 0.05) is 29.6 Å². The van der Waals surface area contributed by atoms with Gasteiger partial charge in [-0.3, -0.25) is 14.4 Å². The Morgan fingerprint density at radius 3 is 2.58 bits per heavy atom. The maximum Gasteiger partial charge on any atom is 0.303 e. The Morgan fingerprint density at radius 1 is 1.29 bits per heavy atom. The van der Waals surface area contributed by atoms with Crippen molar-refractivity contribution in [1.29, 1.82) is 0 Å². The molecule has 0 heterocycles. The number of ether oxygens (including phenoxy) is 1. The molecule has 4 aliphatic rings. The molecule has 0 aliphatic heterocycles. The van der Waals surface area contributed by atoms with Gasteiger partial charge in [0.05, 0.1) is 6.10 Å². The van der Waals surface area contributed by atoms with E-state index in [9.17, 15) is 24.6 Å². The van der Waals surface area contributed by atoms with Crippen molar-refractivity contribution >= 4 is 17.5 Å². The highest BCUT2D eigenvalue weighted by atomic mass is 19.1. The molecule has 0 amide bonds. The number of carbonyl (C=O) groups is 3. The minimum absolute atomic E-state index is 0.0846. The number of aliphatic hydroxyl groups excluding tert-OH is 2. The van der Waals surface area contributed by atoms with E-state index in [2.05, 4.69) is 0 Å². The van der Waals surface area contributed by atoms with Gasteiger partial charge in [-0.15, -0.1) is 0 Å². The molecule has 3 fully saturated rings. The molecule has 3 saturated carbocycles. The van der Waals surface area contributed by atoms with Gasteiger partial charge in [-0.1, -0.05) is 25.5 Å². The first-order valence-corrected chi connectivity index (χ1v) is 11.0. The van der Waals surface area contributed by atoms with E-state index >= 15 is 4.39 Å². The number of rotatable bonds is 3. The fourth-order valence-corrected chi connectivity index (χ4v) is 7.74. The molecule has 0 radical (unpaired) electrons. The first-order valence-electron chi connectivity index (χ1n) is 11.0. The molecule has 1 unspecified atom stereocenters. The van der Waals surface area contributed by atoms with E-state index in [0.717, 1.165) is 0 Å². The zero-order chi connectivity index (χ0) is 23.0. The van der Waals surface area contributed by atoms with Crippen LogP contribution in [0.4, 0.5) is 4.39 Å². The van der Waals surface area contributed by atoms with Gasteiger partial charge in [0.2, 0.25) is 5.78 Å². The molecule has 2 N–H and O–H groups in total. The largest absolute Gasteiger partial charge is 0.450 e. The number of ketones is 2. The summed E-state index contributed by atoms with van der Waals surface area (Å²) in [4.78, 5) is 37.0. The summed E-state index contributed by atoms with van der Waals surface area (Å²) in [6.45, 7) is 5.74. The van der Waals surface area contributed by atoms with Gasteiger partial charge in [0.1, 0.15) is 6.61 Å². The zero-order valence-corrected chi connectivity index (χ0v) is 18.5. The van der Waals surface area contributed by atoms with E-state index in [1.807, 2.05) is 0 Å². The van der Waals surface area contributed by atoms with Crippen molar-refractivity contribution in [3.05, 3.63) is 23.8 Å². The van der Waals surface area contributed by atoms with Gasteiger partial charge in [0.15, 0.2) is 17.1 Å². The van der Waals surface area contributed by atoms with Crippen LogP contribution in [0.2, 0.25) is 0 Å². The Hall–Kier alpha value is -1.86. The molecule has 0 bridgehead atoms. The highest BCUT2D eigenvalue weighted by Crippen LogP contribution is 2.71. The van der Waals surface area contributed by atoms with Crippen molar-refractivity contribution in [2.75, 3.05) is 6.61 Å². The lowest BCUT2D eigenvalue weighted by atomic mass is 9.44. The average molecular weight is 435 g/mol. The number of carbonyl (C=O) groups excluding carboxylic acids is 3. The summed E-state index contributed by atoms with van der Waals surface area (Å²) in [5.74, 6) is -2.79. The third-order valence-electron chi connectivity index (χ3n) is 9.04. The Bertz CT molecular complexity index is 910. The predicted octanol–water partition coefficient (Wildman–Crippen LogP) is 2.47. The molecule has 31 heavy (non-hydrogen) atoms. The summed E-state index contributed by atoms with van der Waals surface area (Å²) < 4.78 is 22.8. The molecule has 4 aliphatic carbocycles. The van der Waals surface area contributed by atoms with Crippen molar-refractivity contribution in [1.82, 2.24) is 0 Å². The molecule has 0 saturated heterocycles. The predicted molar refractivity (Wildman–Crippen MR) is 109 cm³/mol. The Balaban J connectivity index is 1.86. The van der Waals surface area contributed by atoms with Gasteiger partial charge in [-0.05, 0) is 50.7 Å². The molecule has 0 aromatic rings. The van der Waals surface area contributed by atoms with E-state index in [1.54, 1.807) is 26.8 Å². The third kappa shape index (κ3) is 2.53. The minimum atomic E-state index is -2.02. The van der Waals surface area contributed by atoms with Crippen LogP contribution in [0.25, 0.3) is 0 Å². The van der Waals surface area contributed by atoms with Crippen molar-refractivity contribution in [3.8, 4) is 0 Å². The number of hydrogen-bond donors (Lipinski definition) is 2. The SMILES string of the molecule is CC(=O)O[C@]1(C(=O)CO)[C@H](C)C[C@H]2C3CCC4=CC(=O)C=C[C@]4(C)[C@@]3(F)[C@@H](O)C[C@@]21C. The van der Waals surface area contributed by atoms with E-state index in [0.29, 0.717) is 24.8 Å². The van der Waals surface area contributed by atoms with Gasteiger partial charge >= 0.3 is 5.97 Å². The number of allylic oxidation sites excluding steroid dienone is 4. The normalized spacial score (nSPS) is 48.4. The third-order valence-corrected chi connectivity index (χ3v) is 9.04. The highest BCUT2D eigenvalue weighted by Gasteiger charge is 2.77. The standard InChI is InChI=1S/C24H31FO6/c1-13-9-18-17-6-5-15-10-16(28)7-8-21(15,3)23(17,25)19(29)11-22(18,4)24(13,20(30)12-26)31-14(2)27/h7-8,10,13,17-19,26,29H,5-6,9,11-12H2,1-4H3/t13-,17?,18+,19+,21+,22+,23+,24+/m1/s1. The molecular weight excluding hydrogens is 403 g/mol. The van der Waals surface area contributed by atoms with Crippen LogP contribution in [-0.2, 0) is 19.1 Å². The monoisotopic (exact) mass is 434 g/mol. The lowest BCUT2D eigenvalue weighted by Gasteiger charge is -2.62. The number of alkyl halides is 1. The second-order valence-corrected chi connectivity index (χ2v) is 10.3. The fourth-order valence-electron chi connectivity index (χ4n) is 7.74. The molecule has 4 rings (SSSR count). The molecular formula is C24H31FO6. The first-order chi connectivity index (χ1) is 14.4. The van der Waals surface area contributed by atoms with Gasteiger partial charge in [-0.2, -0.15) is 0 Å². The van der Waals surface area contributed by atoms with E-state index in [-0.39, 0.29) is 18.1 Å². The molecule has 8 atom stereocenters. The molecule has 7 heteroatoms. The molecule has 170 valence electrons. The van der Waals surface area contributed by atoms with Crippen LogP contribution in [0.5, 0.6) is 0 Å². The Kier molecular flexibility index (Phi) is 4.91. The smallest absolute Gasteiger partial charge is 0.303 e. The number of Topliss-reactive ketones (excluding diaryl/α,β-unsaturated/α-hetero) is 1. The molecule has 0 spiro atoms. The minimum Gasteiger partial charge on any atom is -0.450 e. The summed E-state index contributed by atoms with van der Waals surface area (Å²) in [7, 11) is 0. The quantitative estimate of drug-likeness (QED) is 0.662. The van der Waals surface area contributed by atoms with Gasteiger partial charge in [-0.25, -0.2) is 4.39 Å². The summed E-state index contributed by atoms with van der Waals surface area (Å²) in [5.41, 5.74) is -5.10. The van der Waals surface area contributed by atoms with Crippen LogP contribution in [0.3, 0.4) is 0 Å². The van der Waals surface area contributed by atoms with Crippen LogP contribution in [0.15, 0.2) is 23.8 Å². The Morgan fingerprint density at radius 2 is 1.97 bits per heavy atom. The van der Waals surface area contributed by atoms with Gasteiger partial charge in [0.25, 0.3) is 0 Å². The summed E-state index contributed by atoms with van der Waals surface area (Å²) in [6.07, 6.45) is 4.29. The number of aliphatic hydroxyl groups is 2. The van der Waals surface area contributed by atoms with Crippen molar-refractivity contribution in [2.45, 2.75) is 70.8 Å². The van der Waals surface area contributed by atoms with Crippen LogP contribution < -0.4 is 0 Å². The summed E-state index contributed by atoms with van der Waals surface area (Å²) in [5, 5.41) is 21.1. The van der Waals surface area contributed by atoms with Gasteiger partial charge < -0.3 is 14.9 Å². The van der Waals surface area contributed by atoms with E-state index < -0.39 is 58.4 Å². The average Bonchev–Trinajstić information content (AvgIpc) is 2.90. The first kappa shape index (κ1) is 22.3. The maximum absolute atomic E-state index is 17.1. The lowest BCUT2D eigenvalue weighted by molar-refractivity contribution is -0.227. The fraction of sp³-hybridized carbons (Fsp3) is 0.708. The van der Waals surface area contributed by atoms with Crippen molar-refractivity contribution < 1.29 is 33.7 Å². The highest BCUT2D eigenvalue weighted by molar-refractivity contribution is 6.01. The van der Waals surface area contributed by atoms with Crippen molar-refractivity contribution in [2.24, 2.45) is 28.6 Å². The topological polar surface area (TPSA) is 101 Å². The molecule has 0 aromatic heterocycles. The van der Waals surface area contributed by atoms with E-state index in [4.69, 9.17) is 4.74 Å². The van der Waals surface area contributed by atoms with Crippen LogP contribution in [-0.4, -0.2) is 51.7 Å². The molecule has 6 nitrogen and oxygen atoms in total. The second kappa shape index (κ2) is 6.82. The number of esters is 1. The molecule has 0 aromatic carbocycles. The summed E-state index contributed by atoms with van der Waals surface area (Å²) >= 11 is 0. The maximum atomic E-state index is 17.1. The van der Waals surface area contributed by atoms with Crippen LogP contribution in [0, 0.1) is 28.6 Å². The van der Waals surface area contributed by atoms with Crippen LogP contribution >= 0.6 is 0 Å². The van der Waals surface area contributed by atoms with Crippen LogP contribution in [0.1, 0.15) is 53.4 Å². The lowest BCUT2D eigenvalue weighted by Crippen LogP contribution is -2.70. The number of halogens is 1. The summed E-state index contributed by atoms with van der Waals surface area (Å²) in [6, 6.07) is 0. The second-order valence-electron chi connectivity index (χ2n) is 10.3.